The Morgan fingerprint density at radius 3 is 1.80 bits per heavy atom. The van der Waals surface area contributed by atoms with Crippen LogP contribution in [0.3, 0.4) is 0 Å². The summed E-state index contributed by atoms with van der Waals surface area (Å²) in [6.45, 7) is 3.94. The van der Waals surface area contributed by atoms with Gasteiger partial charge in [-0.05, 0) is 37.1 Å². The fraction of sp³-hybridized carbons (Fsp3) is 0.240. The topological polar surface area (TPSA) is 54.0 Å². The number of aryl methyl sites for hydroxylation is 2. The molecule has 0 spiro atoms. The lowest BCUT2D eigenvalue weighted by Gasteiger charge is -2.40. The summed E-state index contributed by atoms with van der Waals surface area (Å²) in [5, 5.41) is 0. The maximum absolute atomic E-state index is 12.0. The summed E-state index contributed by atoms with van der Waals surface area (Å²) in [5.41, 5.74) is 3.79. The Labute approximate surface area is 176 Å². The molecule has 4 rings (SSSR count). The first kappa shape index (κ1) is 20.0. The van der Waals surface area contributed by atoms with Gasteiger partial charge in [0.15, 0.2) is 5.60 Å². The Morgan fingerprint density at radius 2 is 1.33 bits per heavy atom. The van der Waals surface area contributed by atoms with Crippen LogP contribution >= 0.6 is 0 Å². The summed E-state index contributed by atoms with van der Waals surface area (Å²) in [5.74, 6) is 2.65. The van der Waals surface area contributed by atoms with Crippen molar-refractivity contribution in [1.29, 1.82) is 0 Å². The van der Waals surface area contributed by atoms with E-state index < -0.39 is 5.60 Å². The number of fused-ring (bicyclic) bond motifs is 2. The summed E-state index contributed by atoms with van der Waals surface area (Å²) in [6.07, 6.45) is 0.859. The molecule has 0 saturated heterocycles. The summed E-state index contributed by atoms with van der Waals surface area (Å²) in [6, 6.07) is 15.2. The Hall–Kier alpha value is -3.31. The second-order valence-corrected chi connectivity index (χ2v) is 7.33. The Balaban J connectivity index is 2.15. The number of benzene rings is 3. The average Bonchev–Trinajstić information content (AvgIpc) is 2.77. The molecule has 0 aliphatic carbocycles. The second kappa shape index (κ2) is 7.50. The van der Waals surface area contributed by atoms with E-state index in [0.717, 1.165) is 34.1 Å². The van der Waals surface area contributed by atoms with Crippen LogP contribution in [0, 0.1) is 13.8 Å². The molecule has 3 aromatic rings. The first-order valence-electron chi connectivity index (χ1n) is 9.66. The molecule has 0 N–H and O–H groups in total. The largest absolute Gasteiger partial charge is 0.496 e. The van der Waals surface area contributed by atoms with Crippen molar-refractivity contribution in [1.82, 2.24) is 0 Å². The van der Waals surface area contributed by atoms with Gasteiger partial charge in [-0.15, -0.1) is 0 Å². The molecule has 1 aliphatic rings. The zero-order valence-electron chi connectivity index (χ0n) is 17.7. The maximum Gasteiger partial charge on any atom is 0.151 e. The van der Waals surface area contributed by atoms with Gasteiger partial charge in [0.1, 0.15) is 29.3 Å². The molecule has 1 heterocycles. The van der Waals surface area contributed by atoms with E-state index in [0.29, 0.717) is 28.6 Å². The molecule has 0 radical (unpaired) electrons. The fourth-order valence-corrected chi connectivity index (χ4v) is 4.30. The van der Waals surface area contributed by atoms with E-state index in [4.69, 9.17) is 18.9 Å². The first-order chi connectivity index (χ1) is 14.5. The van der Waals surface area contributed by atoms with Crippen molar-refractivity contribution in [2.24, 2.45) is 0 Å². The van der Waals surface area contributed by atoms with Crippen LogP contribution in [-0.4, -0.2) is 27.6 Å². The summed E-state index contributed by atoms with van der Waals surface area (Å²) >= 11 is 0. The van der Waals surface area contributed by atoms with Crippen LogP contribution in [0.5, 0.6) is 23.0 Å². The highest BCUT2D eigenvalue weighted by atomic mass is 16.5. The highest BCUT2D eigenvalue weighted by Gasteiger charge is 2.46. The zero-order valence-corrected chi connectivity index (χ0v) is 17.7. The molecule has 5 nitrogen and oxygen atoms in total. The molecule has 0 saturated carbocycles. The fourth-order valence-electron chi connectivity index (χ4n) is 4.30. The van der Waals surface area contributed by atoms with E-state index in [1.807, 2.05) is 56.3 Å². The van der Waals surface area contributed by atoms with E-state index >= 15 is 0 Å². The van der Waals surface area contributed by atoms with Crippen LogP contribution in [0.4, 0.5) is 0 Å². The SMILES string of the molecule is COc1cc2c(cc1C)C(OC)(c1ccccc1C=O)c1cc(C)c(OC)cc1O2. The number of rotatable bonds is 5. The van der Waals surface area contributed by atoms with Gasteiger partial charge in [0.2, 0.25) is 0 Å². The standard InChI is InChI=1S/C25H24O5/c1-15-10-19-23(12-21(15)27-3)30-24-13-22(28-4)16(2)11-20(24)25(19,29-5)18-9-7-6-8-17(18)14-26/h6-14H,1-5H3. The highest BCUT2D eigenvalue weighted by Crippen LogP contribution is 2.55. The predicted octanol–water partition coefficient (Wildman–Crippen LogP) is 5.18. The van der Waals surface area contributed by atoms with Crippen LogP contribution in [0.15, 0.2) is 48.5 Å². The molecule has 1 aliphatic heterocycles. The van der Waals surface area contributed by atoms with E-state index in [1.165, 1.54) is 0 Å². The Morgan fingerprint density at radius 1 is 0.800 bits per heavy atom. The van der Waals surface area contributed by atoms with E-state index in [1.54, 1.807) is 27.4 Å². The molecule has 0 bridgehead atoms. The molecule has 0 unspecified atom stereocenters. The van der Waals surface area contributed by atoms with Gasteiger partial charge in [0, 0.05) is 41.5 Å². The molecule has 0 fully saturated rings. The van der Waals surface area contributed by atoms with Crippen molar-refractivity contribution < 1.29 is 23.7 Å². The van der Waals surface area contributed by atoms with Crippen LogP contribution in [0.1, 0.15) is 38.2 Å². The average molecular weight is 404 g/mol. The zero-order chi connectivity index (χ0) is 21.5. The molecule has 0 atom stereocenters. The normalized spacial score (nSPS) is 13.6. The van der Waals surface area contributed by atoms with Crippen molar-refractivity contribution >= 4 is 6.29 Å². The first-order valence-corrected chi connectivity index (χ1v) is 9.66. The molecule has 0 amide bonds. The lowest BCUT2D eigenvalue weighted by atomic mass is 9.75. The summed E-state index contributed by atoms with van der Waals surface area (Å²) < 4.78 is 23.6. The Kier molecular flexibility index (Phi) is 5.00. The predicted molar refractivity (Wildman–Crippen MR) is 114 cm³/mol. The number of carbonyl (C=O) groups excluding carboxylic acids is 1. The van der Waals surface area contributed by atoms with Crippen molar-refractivity contribution in [3.63, 3.8) is 0 Å². The van der Waals surface area contributed by atoms with Gasteiger partial charge >= 0.3 is 0 Å². The van der Waals surface area contributed by atoms with Crippen LogP contribution < -0.4 is 14.2 Å². The quantitative estimate of drug-likeness (QED) is 0.549. The lowest BCUT2D eigenvalue weighted by molar-refractivity contribution is 0.0488. The van der Waals surface area contributed by atoms with Gasteiger partial charge in [0.25, 0.3) is 0 Å². The molecule has 154 valence electrons. The second-order valence-electron chi connectivity index (χ2n) is 7.33. The minimum atomic E-state index is -1.03. The van der Waals surface area contributed by atoms with Crippen molar-refractivity contribution in [3.8, 4) is 23.0 Å². The minimum Gasteiger partial charge on any atom is -0.496 e. The smallest absolute Gasteiger partial charge is 0.151 e. The highest BCUT2D eigenvalue weighted by molar-refractivity contribution is 5.80. The Bertz CT molecular complexity index is 1070. The number of hydrogen-bond acceptors (Lipinski definition) is 5. The van der Waals surface area contributed by atoms with Crippen molar-refractivity contribution in [2.45, 2.75) is 19.4 Å². The monoisotopic (exact) mass is 404 g/mol. The molecular formula is C25H24O5. The van der Waals surface area contributed by atoms with Gasteiger partial charge in [0.05, 0.1) is 14.2 Å². The maximum atomic E-state index is 12.0. The summed E-state index contributed by atoms with van der Waals surface area (Å²) in [4.78, 5) is 12.0. The van der Waals surface area contributed by atoms with Crippen molar-refractivity contribution in [2.75, 3.05) is 21.3 Å². The molecular weight excluding hydrogens is 380 g/mol. The number of hydrogen-bond donors (Lipinski definition) is 0. The molecule has 30 heavy (non-hydrogen) atoms. The minimum absolute atomic E-state index is 0.556. The van der Waals surface area contributed by atoms with Gasteiger partial charge in [-0.25, -0.2) is 0 Å². The number of ether oxygens (including phenoxy) is 4. The van der Waals surface area contributed by atoms with Crippen molar-refractivity contribution in [3.05, 3.63) is 81.9 Å². The molecule has 3 aromatic carbocycles. The summed E-state index contributed by atoms with van der Waals surface area (Å²) in [7, 11) is 4.91. The number of carbonyl (C=O) groups is 1. The third kappa shape index (κ3) is 2.77. The van der Waals surface area contributed by atoms with Gasteiger partial charge in [-0.3, -0.25) is 4.79 Å². The third-order valence-corrected chi connectivity index (χ3v) is 5.75. The van der Waals surface area contributed by atoms with E-state index in [-0.39, 0.29) is 0 Å². The van der Waals surface area contributed by atoms with Gasteiger partial charge in [-0.2, -0.15) is 0 Å². The molecule has 5 heteroatoms. The van der Waals surface area contributed by atoms with Gasteiger partial charge in [-0.1, -0.05) is 24.3 Å². The van der Waals surface area contributed by atoms with E-state index in [2.05, 4.69) is 0 Å². The van der Waals surface area contributed by atoms with Crippen LogP contribution in [-0.2, 0) is 10.3 Å². The van der Waals surface area contributed by atoms with E-state index in [9.17, 15) is 4.79 Å². The molecule has 0 aromatic heterocycles. The third-order valence-electron chi connectivity index (χ3n) is 5.75. The van der Waals surface area contributed by atoms with Gasteiger partial charge < -0.3 is 18.9 Å². The number of aldehydes is 1. The lowest BCUT2D eigenvalue weighted by Crippen LogP contribution is -2.36. The number of methoxy groups -OCH3 is 3. The van der Waals surface area contributed by atoms with Crippen LogP contribution in [0.25, 0.3) is 0 Å². The van der Waals surface area contributed by atoms with Crippen LogP contribution in [0.2, 0.25) is 0 Å².